The third-order valence-electron chi connectivity index (χ3n) is 1.88. The van der Waals surface area contributed by atoms with Crippen molar-refractivity contribution in [2.24, 2.45) is 0 Å². The summed E-state index contributed by atoms with van der Waals surface area (Å²) in [7, 11) is 0. The van der Waals surface area contributed by atoms with E-state index in [1.165, 1.54) is 13.0 Å². The summed E-state index contributed by atoms with van der Waals surface area (Å²) in [4.78, 5) is 0. The van der Waals surface area contributed by atoms with Crippen LogP contribution in [-0.2, 0) is 0 Å². The molecule has 0 saturated heterocycles. The van der Waals surface area contributed by atoms with Gasteiger partial charge in [-0.05, 0) is 57.6 Å². The quantitative estimate of drug-likeness (QED) is 0.686. The van der Waals surface area contributed by atoms with Gasteiger partial charge in [0.05, 0.1) is 14.0 Å². The Morgan fingerprint density at radius 3 is 3.00 bits per heavy atom. The summed E-state index contributed by atoms with van der Waals surface area (Å²) in [5, 5.41) is 1.20. The van der Waals surface area contributed by atoms with Crippen molar-refractivity contribution in [2.45, 2.75) is 6.92 Å². The molecule has 0 amide bonds. The summed E-state index contributed by atoms with van der Waals surface area (Å²) in [6, 6.07) is 6.17. The van der Waals surface area contributed by atoms with Crippen molar-refractivity contribution in [3.63, 3.8) is 0 Å². The highest BCUT2D eigenvalue weighted by Crippen LogP contribution is 2.41. The minimum Gasteiger partial charge on any atom is -0.493 e. The SMILES string of the molecule is CCOc1cccc2sc(I)c(Br)c12. The molecule has 2 rings (SSSR count). The first kappa shape index (κ1) is 10.7. The molecule has 1 aromatic carbocycles. The van der Waals surface area contributed by atoms with Gasteiger partial charge in [-0.15, -0.1) is 11.3 Å². The average Bonchev–Trinajstić information content (AvgIpc) is 2.45. The van der Waals surface area contributed by atoms with Crippen LogP contribution in [0.4, 0.5) is 0 Å². The molecule has 0 aliphatic heterocycles. The predicted octanol–water partition coefficient (Wildman–Crippen LogP) is 4.67. The molecule has 0 saturated carbocycles. The Morgan fingerprint density at radius 2 is 2.29 bits per heavy atom. The van der Waals surface area contributed by atoms with Crippen molar-refractivity contribution in [3.8, 4) is 5.75 Å². The molecule has 14 heavy (non-hydrogen) atoms. The number of thiophene rings is 1. The number of ether oxygens (including phenoxy) is 1. The van der Waals surface area contributed by atoms with Crippen molar-refractivity contribution >= 4 is 59.9 Å². The zero-order chi connectivity index (χ0) is 10.1. The monoisotopic (exact) mass is 382 g/mol. The first-order chi connectivity index (χ1) is 6.74. The van der Waals surface area contributed by atoms with E-state index in [4.69, 9.17) is 4.74 Å². The van der Waals surface area contributed by atoms with E-state index in [1.54, 1.807) is 11.3 Å². The Balaban J connectivity index is 2.71. The van der Waals surface area contributed by atoms with E-state index in [0.717, 1.165) is 10.2 Å². The van der Waals surface area contributed by atoms with Gasteiger partial charge in [-0.25, -0.2) is 0 Å². The molecule has 74 valence electrons. The lowest BCUT2D eigenvalue weighted by molar-refractivity contribution is 0.344. The fourth-order valence-electron chi connectivity index (χ4n) is 1.33. The van der Waals surface area contributed by atoms with E-state index >= 15 is 0 Å². The fourth-order valence-corrected chi connectivity index (χ4v) is 3.93. The molecule has 0 radical (unpaired) electrons. The normalized spacial score (nSPS) is 10.8. The van der Waals surface area contributed by atoms with E-state index in [2.05, 4.69) is 44.6 Å². The maximum Gasteiger partial charge on any atom is 0.129 e. The lowest BCUT2D eigenvalue weighted by Gasteiger charge is -2.04. The van der Waals surface area contributed by atoms with Gasteiger partial charge in [0.1, 0.15) is 5.75 Å². The first-order valence-electron chi connectivity index (χ1n) is 4.23. The minimum atomic E-state index is 0.706. The first-order valence-corrected chi connectivity index (χ1v) is 6.92. The van der Waals surface area contributed by atoms with Crippen LogP contribution in [0.15, 0.2) is 22.7 Å². The van der Waals surface area contributed by atoms with Crippen molar-refractivity contribution in [2.75, 3.05) is 6.61 Å². The molecule has 2 aromatic rings. The Hall–Kier alpha value is 0.190. The molecule has 4 heteroatoms. The molecule has 0 spiro atoms. The van der Waals surface area contributed by atoms with Crippen LogP contribution in [0, 0.1) is 2.88 Å². The second kappa shape index (κ2) is 4.37. The number of rotatable bonds is 2. The topological polar surface area (TPSA) is 9.23 Å². The minimum absolute atomic E-state index is 0.706. The molecule has 1 aromatic heterocycles. The van der Waals surface area contributed by atoms with Gasteiger partial charge in [0.25, 0.3) is 0 Å². The molecule has 0 N–H and O–H groups in total. The van der Waals surface area contributed by atoms with Gasteiger partial charge < -0.3 is 4.74 Å². The molecule has 1 nitrogen and oxygen atoms in total. The van der Waals surface area contributed by atoms with Gasteiger partial charge in [0, 0.05) is 10.1 Å². The summed E-state index contributed by atoms with van der Waals surface area (Å²) in [5.74, 6) is 0.969. The maximum absolute atomic E-state index is 5.59. The predicted molar refractivity (Wildman–Crippen MR) is 73.4 cm³/mol. The van der Waals surface area contributed by atoms with Gasteiger partial charge >= 0.3 is 0 Å². The zero-order valence-electron chi connectivity index (χ0n) is 7.51. The van der Waals surface area contributed by atoms with E-state index in [9.17, 15) is 0 Å². The van der Waals surface area contributed by atoms with Gasteiger partial charge in [0.15, 0.2) is 0 Å². The maximum atomic E-state index is 5.59. The third-order valence-corrected chi connectivity index (χ3v) is 5.82. The Labute approximate surface area is 109 Å². The summed E-state index contributed by atoms with van der Waals surface area (Å²) < 4.78 is 9.28. The van der Waals surface area contributed by atoms with Crippen LogP contribution in [0.2, 0.25) is 0 Å². The Bertz CT molecular complexity index is 466. The smallest absolute Gasteiger partial charge is 0.129 e. The van der Waals surface area contributed by atoms with Crippen molar-refractivity contribution < 1.29 is 4.74 Å². The number of fused-ring (bicyclic) bond motifs is 1. The van der Waals surface area contributed by atoms with Crippen LogP contribution in [0.1, 0.15) is 6.92 Å². The average molecular weight is 383 g/mol. The van der Waals surface area contributed by atoms with Gasteiger partial charge in [-0.3, -0.25) is 0 Å². The highest BCUT2D eigenvalue weighted by molar-refractivity contribution is 14.1. The third kappa shape index (κ3) is 1.79. The molecule has 0 unspecified atom stereocenters. The highest BCUT2D eigenvalue weighted by atomic mass is 127. The van der Waals surface area contributed by atoms with Crippen molar-refractivity contribution in [3.05, 3.63) is 25.6 Å². The standard InChI is InChI=1S/C10H8BrIOS/c1-2-13-6-4-3-5-7-8(6)9(11)10(12)14-7/h3-5H,2H2,1H3. The van der Waals surface area contributed by atoms with Crippen molar-refractivity contribution in [1.82, 2.24) is 0 Å². The summed E-state index contributed by atoms with van der Waals surface area (Å²) in [6.07, 6.45) is 0. The van der Waals surface area contributed by atoms with Gasteiger partial charge in [-0.1, -0.05) is 6.07 Å². The molecular formula is C10H8BrIOS. The van der Waals surface area contributed by atoms with Gasteiger partial charge in [-0.2, -0.15) is 0 Å². The van der Waals surface area contributed by atoms with Crippen molar-refractivity contribution in [1.29, 1.82) is 0 Å². The largest absolute Gasteiger partial charge is 0.493 e. The fraction of sp³-hybridized carbons (Fsp3) is 0.200. The van der Waals surface area contributed by atoms with Crippen LogP contribution in [0.3, 0.4) is 0 Å². The highest BCUT2D eigenvalue weighted by Gasteiger charge is 2.11. The molecule has 0 atom stereocenters. The molecule has 1 heterocycles. The van der Waals surface area contributed by atoms with E-state index in [-0.39, 0.29) is 0 Å². The van der Waals surface area contributed by atoms with Gasteiger partial charge in [0.2, 0.25) is 0 Å². The summed E-state index contributed by atoms with van der Waals surface area (Å²) >= 11 is 7.71. The van der Waals surface area contributed by atoms with Crippen LogP contribution in [0.5, 0.6) is 5.75 Å². The molecule has 0 aliphatic carbocycles. The number of benzene rings is 1. The summed E-state index contributed by atoms with van der Waals surface area (Å²) in [5.41, 5.74) is 0. The van der Waals surface area contributed by atoms with E-state index < -0.39 is 0 Å². The molecule has 0 aliphatic rings. The molecule has 0 bridgehead atoms. The lowest BCUT2D eigenvalue weighted by atomic mass is 10.2. The second-order valence-corrected chi connectivity index (χ2v) is 6.41. The Kier molecular flexibility index (Phi) is 3.34. The zero-order valence-corrected chi connectivity index (χ0v) is 12.1. The number of hydrogen-bond donors (Lipinski definition) is 0. The Morgan fingerprint density at radius 1 is 1.50 bits per heavy atom. The summed E-state index contributed by atoms with van der Waals surface area (Å²) in [6.45, 7) is 2.71. The van der Waals surface area contributed by atoms with Crippen LogP contribution in [0.25, 0.3) is 10.1 Å². The number of halogens is 2. The van der Waals surface area contributed by atoms with Crippen LogP contribution >= 0.6 is 49.9 Å². The van der Waals surface area contributed by atoms with Crippen LogP contribution in [-0.4, -0.2) is 6.61 Å². The van der Waals surface area contributed by atoms with Crippen LogP contribution < -0.4 is 4.74 Å². The molecular weight excluding hydrogens is 375 g/mol. The lowest BCUT2D eigenvalue weighted by Crippen LogP contribution is -1.91. The second-order valence-electron chi connectivity index (χ2n) is 2.75. The van der Waals surface area contributed by atoms with E-state index in [1.807, 2.05) is 19.1 Å². The number of hydrogen-bond acceptors (Lipinski definition) is 2. The molecule has 0 fully saturated rings. The van der Waals surface area contributed by atoms with E-state index in [0.29, 0.717) is 6.61 Å².